The van der Waals surface area contributed by atoms with Gasteiger partial charge in [-0.2, -0.15) is 0 Å². The molecule has 0 aromatic carbocycles. The number of nitrogens with two attached hydrogens (primary N) is 1. The molecule has 0 aliphatic carbocycles. The molecule has 0 aliphatic rings. The second-order valence-corrected chi connectivity index (χ2v) is 4.35. The highest BCUT2D eigenvalue weighted by Gasteiger charge is 2.00. The maximum atomic E-state index is 11.5. The molecule has 1 heterocycles. The van der Waals surface area contributed by atoms with E-state index < -0.39 is 0 Å². The van der Waals surface area contributed by atoms with Gasteiger partial charge in [-0.1, -0.05) is 6.07 Å². The Morgan fingerprint density at radius 1 is 1.32 bits per heavy atom. The number of aromatic nitrogens is 1. The van der Waals surface area contributed by atoms with Gasteiger partial charge in [0, 0.05) is 38.4 Å². The number of guanidine groups is 1. The summed E-state index contributed by atoms with van der Waals surface area (Å²) in [6.07, 6.45) is 3.68. The van der Waals surface area contributed by atoms with Crippen LogP contribution in [0, 0.1) is 0 Å². The molecule has 0 spiro atoms. The zero-order chi connectivity index (χ0) is 14.1. The van der Waals surface area contributed by atoms with Crippen molar-refractivity contribution in [1.82, 2.24) is 9.47 Å². The lowest BCUT2D eigenvalue weighted by Crippen LogP contribution is -2.37. The first-order chi connectivity index (χ1) is 9.19. The summed E-state index contributed by atoms with van der Waals surface area (Å²) in [7, 11) is 0. The molecule has 5 nitrogen and oxygen atoms in total. The largest absolute Gasteiger partial charge is 0.370 e. The van der Waals surface area contributed by atoms with E-state index in [1.54, 1.807) is 16.7 Å². The maximum Gasteiger partial charge on any atom is 0.250 e. The van der Waals surface area contributed by atoms with Crippen LogP contribution in [0.4, 0.5) is 0 Å². The highest BCUT2D eigenvalue weighted by Crippen LogP contribution is 1.95. The molecular weight excluding hydrogens is 240 g/mol. The topological polar surface area (TPSA) is 63.6 Å². The summed E-state index contributed by atoms with van der Waals surface area (Å²) in [5.74, 6) is 0.613. The van der Waals surface area contributed by atoms with Gasteiger partial charge in [0.2, 0.25) is 5.56 Å². The molecule has 0 amide bonds. The van der Waals surface area contributed by atoms with E-state index >= 15 is 0 Å². The Hall–Kier alpha value is -1.78. The fourth-order valence-electron chi connectivity index (χ4n) is 1.88. The number of aryl methyl sites for hydroxylation is 1. The van der Waals surface area contributed by atoms with E-state index in [9.17, 15) is 4.79 Å². The molecule has 0 fully saturated rings. The van der Waals surface area contributed by atoms with Crippen LogP contribution in [0.5, 0.6) is 0 Å². The van der Waals surface area contributed by atoms with Crippen molar-refractivity contribution in [2.24, 2.45) is 10.7 Å². The zero-order valence-electron chi connectivity index (χ0n) is 11.9. The molecule has 0 aliphatic heterocycles. The van der Waals surface area contributed by atoms with Gasteiger partial charge in [-0.15, -0.1) is 0 Å². The predicted molar refractivity (Wildman–Crippen MR) is 79.3 cm³/mol. The van der Waals surface area contributed by atoms with E-state index in [1.807, 2.05) is 17.2 Å². The third-order valence-electron chi connectivity index (χ3n) is 3.07. The molecule has 0 atom stereocenters. The number of hydrogen-bond acceptors (Lipinski definition) is 2. The van der Waals surface area contributed by atoms with E-state index in [2.05, 4.69) is 18.8 Å². The van der Waals surface area contributed by atoms with Gasteiger partial charge < -0.3 is 15.2 Å². The summed E-state index contributed by atoms with van der Waals surface area (Å²) in [4.78, 5) is 17.8. The van der Waals surface area contributed by atoms with Crippen LogP contribution in [-0.2, 0) is 6.54 Å². The monoisotopic (exact) mass is 264 g/mol. The third-order valence-corrected chi connectivity index (χ3v) is 3.07. The zero-order valence-corrected chi connectivity index (χ0v) is 11.9. The summed E-state index contributed by atoms with van der Waals surface area (Å²) < 4.78 is 1.72. The van der Waals surface area contributed by atoms with Crippen molar-refractivity contribution in [3.8, 4) is 0 Å². The SMILES string of the molecule is CCN(CC)C(N)=NCCCCn1ccccc1=O. The van der Waals surface area contributed by atoms with Gasteiger partial charge >= 0.3 is 0 Å². The van der Waals surface area contributed by atoms with Crippen molar-refractivity contribution in [2.45, 2.75) is 33.2 Å². The lowest BCUT2D eigenvalue weighted by Gasteiger charge is -2.19. The molecule has 106 valence electrons. The van der Waals surface area contributed by atoms with Gasteiger partial charge in [-0.25, -0.2) is 0 Å². The molecule has 0 unspecified atom stereocenters. The third kappa shape index (κ3) is 5.16. The van der Waals surface area contributed by atoms with Crippen molar-refractivity contribution in [3.05, 3.63) is 34.7 Å². The van der Waals surface area contributed by atoms with E-state index in [0.717, 1.165) is 32.5 Å². The highest BCUT2D eigenvalue weighted by molar-refractivity contribution is 5.77. The summed E-state index contributed by atoms with van der Waals surface area (Å²) in [6.45, 7) is 7.34. The number of unbranched alkanes of at least 4 members (excludes halogenated alkanes) is 1. The summed E-state index contributed by atoms with van der Waals surface area (Å²) in [5, 5.41) is 0. The van der Waals surface area contributed by atoms with Crippen LogP contribution in [0.15, 0.2) is 34.2 Å². The first kappa shape index (κ1) is 15.3. The first-order valence-electron chi connectivity index (χ1n) is 6.89. The molecule has 2 N–H and O–H groups in total. The Bertz CT molecular complexity index is 449. The number of aliphatic imine (C=N–C) groups is 1. The molecule has 19 heavy (non-hydrogen) atoms. The van der Waals surface area contributed by atoms with Crippen LogP contribution >= 0.6 is 0 Å². The molecule has 0 saturated heterocycles. The van der Waals surface area contributed by atoms with Gasteiger partial charge in [0.25, 0.3) is 0 Å². The summed E-state index contributed by atoms with van der Waals surface area (Å²) >= 11 is 0. The van der Waals surface area contributed by atoms with Crippen molar-refractivity contribution in [2.75, 3.05) is 19.6 Å². The molecule has 1 aromatic heterocycles. The molecule has 1 rings (SSSR count). The predicted octanol–water partition coefficient (Wildman–Crippen LogP) is 1.28. The van der Waals surface area contributed by atoms with Crippen LogP contribution in [0.2, 0.25) is 0 Å². The fraction of sp³-hybridized carbons (Fsp3) is 0.571. The molecule has 1 aromatic rings. The maximum absolute atomic E-state index is 11.5. The highest BCUT2D eigenvalue weighted by atomic mass is 16.1. The average Bonchev–Trinajstić information content (AvgIpc) is 2.42. The number of pyridine rings is 1. The summed E-state index contributed by atoms with van der Waals surface area (Å²) in [5.41, 5.74) is 5.93. The Kier molecular flexibility index (Phi) is 6.71. The van der Waals surface area contributed by atoms with Crippen molar-refractivity contribution < 1.29 is 0 Å². The molecule has 0 saturated carbocycles. The van der Waals surface area contributed by atoms with Gasteiger partial charge in [-0.05, 0) is 32.8 Å². The van der Waals surface area contributed by atoms with Gasteiger partial charge in [-0.3, -0.25) is 9.79 Å². The van der Waals surface area contributed by atoms with Crippen LogP contribution < -0.4 is 11.3 Å². The first-order valence-corrected chi connectivity index (χ1v) is 6.89. The van der Waals surface area contributed by atoms with Crippen molar-refractivity contribution in [1.29, 1.82) is 0 Å². The smallest absolute Gasteiger partial charge is 0.250 e. The Labute approximate surface area is 114 Å². The van der Waals surface area contributed by atoms with Crippen LogP contribution in [0.3, 0.4) is 0 Å². The van der Waals surface area contributed by atoms with E-state index in [4.69, 9.17) is 5.73 Å². The minimum absolute atomic E-state index is 0.0497. The minimum Gasteiger partial charge on any atom is -0.370 e. The lowest BCUT2D eigenvalue weighted by atomic mass is 10.3. The van der Waals surface area contributed by atoms with E-state index in [-0.39, 0.29) is 5.56 Å². The Morgan fingerprint density at radius 3 is 2.68 bits per heavy atom. The lowest BCUT2D eigenvalue weighted by molar-refractivity contribution is 0.457. The normalized spacial score (nSPS) is 11.6. The van der Waals surface area contributed by atoms with Crippen LogP contribution in [-0.4, -0.2) is 35.1 Å². The molecule has 0 radical (unpaired) electrons. The van der Waals surface area contributed by atoms with Crippen molar-refractivity contribution >= 4 is 5.96 Å². The van der Waals surface area contributed by atoms with E-state index in [1.165, 1.54) is 0 Å². The standard InChI is InChI=1S/C14H24N4O/c1-3-17(4-2)14(15)16-10-6-8-12-18-11-7-5-9-13(18)19/h5,7,9,11H,3-4,6,8,10,12H2,1-2H3,(H2,15,16). The van der Waals surface area contributed by atoms with Gasteiger partial charge in [0.05, 0.1) is 0 Å². The van der Waals surface area contributed by atoms with Crippen LogP contribution in [0.25, 0.3) is 0 Å². The minimum atomic E-state index is 0.0497. The second kappa shape index (κ2) is 8.34. The van der Waals surface area contributed by atoms with E-state index in [0.29, 0.717) is 12.5 Å². The second-order valence-electron chi connectivity index (χ2n) is 4.35. The number of nitrogens with zero attached hydrogens (tertiary/aromatic N) is 3. The molecular formula is C14H24N4O. The Morgan fingerprint density at radius 2 is 2.05 bits per heavy atom. The summed E-state index contributed by atoms with van der Waals surface area (Å²) in [6, 6.07) is 5.21. The van der Waals surface area contributed by atoms with Crippen LogP contribution in [0.1, 0.15) is 26.7 Å². The number of rotatable bonds is 7. The molecule has 0 bridgehead atoms. The van der Waals surface area contributed by atoms with Gasteiger partial charge in [0.1, 0.15) is 0 Å². The fourth-order valence-corrected chi connectivity index (χ4v) is 1.88. The van der Waals surface area contributed by atoms with Gasteiger partial charge in [0.15, 0.2) is 5.96 Å². The van der Waals surface area contributed by atoms with Crippen molar-refractivity contribution in [3.63, 3.8) is 0 Å². The average molecular weight is 264 g/mol. The number of hydrogen-bond donors (Lipinski definition) is 1. The molecule has 5 heteroatoms. The Balaban J connectivity index is 2.30. The quantitative estimate of drug-likeness (QED) is 0.458.